The Morgan fingerprint density at radius 3 is 2.74 bits per heavy atom. The Bertz CT molecular complexity index is 1230. The molecule has 0 bridgehead atoms. The van der Waals surface area contributed by atoms with Gasteiger partial charge >= 0.3 is 0 Å². The Morgan fingerprint density at radius 2 is 1.97 bits per heavy atom. The normalized spacial score (nSPS) is 12.3. The summed E-state index contributed by atoms with van der Waals surface area (Å²) in [6, 6.07) is 11.4. The van der Waals surface area contributed by atoms with Crippen molar-refractivity contribution in [3.63, 3.8) is 0 Å². The van der Waals surface area contributed by atoms with Crippen LogP contribution in [0.4, 0.5) is 11.6 Å². The number of nitrogens with two attached hydrogens (primary N) is 2. The van der Waals surface area contributed by atoms with Gasteiger partial charge in [-0.15, -0.1) is 0 Å². The van der Waals surface area contributed by atoms with Gasteiger partial charge < -0.3 is 21.1 Å². The van der Waals surface area contributed by atoms with Crippen LogP contribution < -0.4 is 27.2 Å². The van der Waals surface area contributed by atoms with Crippen molar-refractivity contribution in [2.45, 2.75) is 45.3 Å². The molecular formula is C24H32N8O2. The zero-order valence-corrected chi connectivity index (χ0v) is 19.4. The average Bonchev–Trinajstić information content (AvgIpc) is 3.24. The van der Waals surface area contributed by atoms with E-state index in [1.165, 1.54) is 0 Å². The van der Waals surface area contributed by atoms with E-state index >= 15 is 0 Å². The highest BCUT2D eigenvalue weighted by molar-refractivity contribution is 6.06. The van der Waals surface area contributed by atoms with Gasteiger partial charge in [-0.1, -0.05) is 31.5 Å². The number of hydrogen-bond acceptors (Lipinski definition) is 9. The second kappa shape index (κ2) is 11.1. The standard InChI is InChI=1S/C24H32N8O2/c1-2-3-10-20-30-21-22(17-8-4-5-9-18(17)29-23(21)25)32(20)34-14-7-6-13-27-24(33)16-11-12-19(31-26)28-15-16/h4-5,8-9,11-12,15,24,27,33H,2-3,6-7,10,13-14,26H2,1H3,(H2,25,29)(H,28,31). The molecule has 0 spiro atoms. The molecule has 1 atom stereocenters. The van der Waals surface area contributed by atoms with Crippen LogP contribution in [0.3, 0.4) is 0 Å². The van der Waals surface area contributed by atoms with Crippen LogP contribution in [-0.2, 0) is 6.42 Å². The number of rotatable bonds is 12. The summed E-state index contributed by atoms with van der Waals surface area (Å²) in [7, 11) is 0. The van der Waals surface area contributed by atoms with Crippen LogP contribution in [0, 0.1) is 0 Å². The summed E-state index contributed by atoms with van der Waals surface area (Å²) in [6.45, 7) is 3.30. The molecule has 180 valence electrons. The lowest BCUT2D eigenvalue weighted by Crippen LogP contribution is -2.23. The van der Waals surface area contributed by atoms with Crippen LogP contribution >= 0.6 is 0 Å². The van der Waals surface area contributed by atoms with Gasteiger partial charge in [0.15, 0.2) is 5.82 Å². The largest absolute Gasteiger partial charge is 0.412 e. The smallest absolute Gasteiger partial charge is 0.152 e. The molecule has 0 radical (unpaired) electrons. The third-order valence-corrected chi connectivity index (χ3v) is 5.68. The number of pyridine rings is 2. The van der Waals surface area contributed by atoms with E-state index in [1.807, 2.05) is 29.0 Å². The number of benzene rings is 1. The lowest BCUT2D eigenvalue weighted by atomic mass is 10.2. The number of nitrogen functional groups attached to an aromatic ring is 2. The molecule has 0 saturated heterocycles. The maximum Gasteiger partial charge on any atom is 0.152 e. The molecule has 3 heterocycles. The van der Waals surface area contributed by atoms with E-state index in [9.17, 15) is 5.11 Å². The molecule has 0 fully saturated rings. The van der Waals surface area contributed by atoms with E-state index in [2.05, 4.69) is 27.6 Å². The SMILES string of the molecule is CCCCc1nc2c(N)nc3ccccc3c2n1OCCCCNC(O)c1ccc(NN)nc1. The quantitative estimate of drug-likeness (QED) is 0.0923. The van der Waals surface area contributed by atoms with Gasteiger partial charge in [0.05, 0.1) is 5.52 Å². The summed E-state index contributed by atoms with van der Waals surface area (Å²) in [5.74, 6) is 7.14. The Hall–Kier alpha value is -3.47. The summed E-state index contributed by atoms with van der Waals surface area (Å²) in [5, 5.41) is 14.4. The van der Waals surface area contributed by atoms with Gasteiger partial charge in [0, 0.05) is 23.6 Å². The first-order valence-electron chi connectivity index (χ1n) is 11.6. The number of hydrazine groups is 1. The second-order valence-corrected chi connectivity index (χ2v) is 8.16. The molecule has 3 aromatic heterocycles. The van der Waals surface area contributed by atoms with Gasteiger partial charge in [-0.25, -0.2) is 20.8 Å². The van der Waals surface area contributed by atoms with Gasteiger partial charge in [0.2, 0.25) is 0 Å². The minimum atomic E-state index is -0.791. The lowest BCUT2D eigenvalue weighted by Gasteiger charge is -2.14. The molecule has 4 aromatic rings. The Kier molecular flexibility index (Phi) is 7.73. The number of fused-ring (bicyclic) bond motifs is 3. The van der Waals surface area contributed by atoms with Crippen LogP contribution in [0.1, 0.15) is 50.2 Å². The van der Waals surface area contributed by atoms with Gasteiger partial charge in [0.1, 0.15) is 35.5 Å². The van der Waals surface area contributed by atoms with Crippen molar-refractivity contribution in [2.75, 3.05) is 24.3 Å². The number of hydrogen-bond donors (Lipinski definition) is 5. The molecule has 0 saturated carbocycles. The summed E-state index contributed by atoms with van der Waals surface area (Å²) in [6.07, 6.45) is 5.31. The van der Waals surface area contributed by atoms with Gasteiger partial charge in [-0.05, 0) is 44.0 Å². The minimum absolute atomic E-state index is 0.414. The van der Waals surface area contributed by atoms with Crippen molar-refractivity contribution >= 4 is 33.6 Å². The van der Waals surface area contributed by atoms with Crippen molar-refractivity contribution in [1.82, 2.24) is 25.0 Å². The number of unbranched alkanes of at least 4 members (excludes halogenated alkanes) is 2. The van der Waals surface area contributed by atoms with E-state index in [0.717, 1.165) is 54.3 Å². The van der Waals surface area contributed by atoms with Crippen molar-refractivity contribution in [3.8, 4) is 0 Å². The maximum absolute atomic E-state index is 10.3. The van der Waals surface area contributed by atoms with Crippen molar-refractivity contribution < 1.29 is 9.94 Å². The predicted molar refractivity (Wildman–Crippen MR) is 134 cm³/mol. The zero-order valence-electron chi connectivity index (χ0n) is 19.4. The van der Waals surface area contributed by atoms with Crippen LogP contribution in [-0.4, -0.2) is 37.9 Å². The van der Waals surface area contributed by atoms with Crippen LogP contribution in [0.5, 0.6) is 0 Å². The third kappa shape index (κ3) is 5.19. The van der Waals surface area contributed by atoms with Crippen LogP contribution in [0.25, 0.3) is 21.9 Å². The number of aliphatic hydroxyl groups excluding tert-OH is 1. The number of aromatic nitrogens is 4. The van der Waals surface area contributed by atoms with Crippen molar-refractivity contribution in [3.05, 3.63) is 54.0 Å². The topological polar surface area (TPSA) is 149 Å². The third-order valence-electron chi connectivity index (χ3n) is 5.68. The number of aliphatic hydroxyl groups is 1. The molecule has 34 heavy (non-hydrogen) atoms. The summed E-state index contributed by atoms with van der Waals surface area (Å²) < 4.78 is 1.84. The number of para-hydroxylation sites is 1. The highest BCUT2D eigenvalue weighted by Crippen LogP contribution is 2.28. The fraction of sp³-hybridized carbons (Fsp3) is 0.375. The molecule has 0 aliphatic heterocycles. The van der Waals surface area contributed by atoms with Gasteiger partial charge in [-0.2, -0.15) is 4.73 Å². The molecule has 7 N–H and O–H groups in total. The molecule has 10 nitrogen and oxygen atoms in total. The summed E-state index contributed by atoms with van der Waals surface area (Å²) >= 11 is 0. The zero-order chi connectivity index (χ0) is 23.9. The Labute approximate surface area is 198 Å². The van der Waals surface area contributed by atoms with Gasteiger partial charge in [-0.3, -0.25) is 5.32 Å². The van der Waals surface area contributed by atoms with Crippen molar-refractivity contribution in [1.29, 1.82) is 0 Å². The van der Waals surface area contributed by atoms with Crippen molar-refractivity contribution in [2.24, 2.45) is 5.84 Å². The number of nitrogens with one attached hydrogen (secondary N) is 2. The maximum atomic E-state index is 10.3. The highest BCUT2D eigenvalue weighted by Gasteiger charge is 2.18. The fourth-order valence-corrected chi connectivity index (χ4v) is 3.85. The number of nitrogens with zero attached hydrogens (tertiary/aromatic N) is 4. The second-order valence-electron chi connectivity index (χ2n) is 8.16. The molecule has 4 rings (SSSR count). The molecular weight excluding hydrogens is 432 g/mol. The number of aryl methyl sites for hydroxylation is 1. The first-order valence-corrected chi connectivity index (χ1v) is 11.6. The van der Waals surface area contributed by atoms with E-state index in [0.29, 0.717) is 35.9 Å². The van der Waals surface area contributed by atoms with E-state index < -0.39 is 6.23 Å². The molecule has 1 aromatic carbocycles. The van der Waals surface area contributed by atoms with Gasteiger partial charge in [0.25, 0.3) is 0 Å². The number of imidazole rings is 1. The molecule has 1 unspecified atom stereocenters. The highest BCUT2D eigenvalue weighted by atomic mass is 16.7. The molecule has 0 aliphatic rings. The van der Waals surface area contributed by atoms with E-state index in [1.54, 1.807) is 18.3 Å². The Morgan fingerprint density at radius 1 is 1.12 bits per heavy atom. The van der Waals surface area contributed by atoms with Crippen LogP contribution in [0.15, 0.2) is 42.6 Å². The predicted octanol–water partition coefficient (Wildman–Crippen LogP) is 2.68. The summed E-state index contributed by atoms with van der Waals surface area (Å²) in [5.41, 5.74) is 11.7. The fourth-order valence-electron chi connectivity index (χ4n) is 3.85. The van der Waals surface area contributed by atoms with E-state index in [4.69, 9.17) is 21.4 Å². The first-order chi connectivity index (χ1) is 16.6. The van der Waals surface area contributed by atoms with Crippen LogP contribution in [0.2, 0.25) is 0 Å². The molecule has 0 amide bonds. The lowest BCUT2D eigenvalue weighted by molar-refractivity contribution is 0.105. The average molecular weight is 465 g/mol. The summed E-state index contributed by atoms with van der Waals surface area (Å²) in [4.78, 5) is 19.6. The monoisotopic (exact) mass is 464 g/mol. The Balaban J connectivity index is 1.39. The first kappa shape index (κ1) is 23.7. The molecule has 0 aliphatic carbocycles. The number of anilines is 2. The minimum Gasteiger partial charge on any atom is -0.412 e. The molecule has 10 heteroatoms. The van der Waals surface area contributed by atoms with E-state index in [-0.39, 0.29) is 0 Å².